The topological polar surface area (TPSA) is 175 Å². The first-order chi connectivity index (χ1) is 35.7. The number of allylic oxidation sites excluding steroid dienone is 5. The third-order valence-electron chi connectivity index (χ3n) is 14.5. The second-order valence-corrected chi connectivity index (χ2v) is 21.4. The standard InChI is InChI=1S/C62H115NO10/c1-3-5-7-9-11-13-15-16-25-29-32-36-40-44-48-55(65)54(53-72-62-61(70)60(69)59(68)56(52-64)73-62)63-57(66)49-45-41-37-33-30-26-23-21-19-17-18-20-22-24-27-31-35-39-43-47-51-71-58(67)50-46-42-38-34-28-14-12-10-8-6-4-2/h13,15,29,32,44,48,54-56,59-62,64-65,68-70H,3-12,14,16-28,30-31,33-43,45-47,49-53H2,1-2H3,(H,63,66)/b15-13+,32-29+,48-44+. The van der Waals surface area contributed by atoms with Crippen LogP contribution in [-0.2, 0) is 23.8 Å². The van der Waals surface area contributed by atoms with Crippen molar-refractivity contribution in [3.63, 3.8) is 0 Å². The molecule has 1 aliphatic heterocycles. The summed E-state index contributed by atoms with van der Waals surface area (Å²) in [4.78, 5) is 25.1. The van der Waals surface area contributed by atoms with Gasteiger partial charge in [-0.3, -0.25) is 9.59 Å². The fourth-order valence-corrected chi connectivity index (χ4v) is 9.58. The highest BCUT2D eigenvalue weighted by molar-refractivity contribution is 5.76. The van der Waals surface area contributed by atoms with Crippen molar-refractivity contribution in [2.75, 3.05) is 19.8 Å². The van der Waals surface area contributed by atoms with Crippen molar-refractivity contribution in [2.45, 2.75) is 326 Å². The van der Waals surface area contributed by atoms with Crippen molar-refractivity contribution in [2.24, 2.45) is 0 Å². The number of hydrogen-bond acceptors (Lipinski definition) is 10. The van der Waals surface area contributed by atoms with Gasteiger partial charge in [-0.15, -0.1) is 0 Å². The maximum atomic E-state index is 13.0. The van der Waals surface area contributed by atoms with Crippen LogP contribution in [0, 0.1) is 0 Å². The number of amides is 1. The Morgan fingerprint density at radius 1 is 0.493 bits per heavy atom. The number of rotatable bonds is 53. The van der Waals surface area contributed by atoms with Crippen LogP contribution < -0.4 is 5.32 Å². The molecule has 1 rings (SSSR count). The number of aliphatic hydroxyl groups is 5. The van der Waals surface area contributed by atoms with E-state index in [1.54, 1.807) is 6.08 Å². The molecule has 0 radical (unpaired) electrons. The van der Waals surface area contributed by atoms with E-state index in [1.807, 2.05) is 6.08 Å². The molecule has 11 nitrogen and oxygen atoms in total. The monoisotopic (exact) mass is 1030 g/mol. The van der Waals surface area contributed by atoms with Gasteiger partial charge in [0.1, 0.15) is 24.4 Å². The van der Waals surface area contributed by atoms with Gasteiger partial charge in [0.2, 0.25) is 5.91 Å². The highest BCUT2D eigenvalue weighted by Gasteiger charge is 2.44. The first kappa shape index (κ1) is 68.9. The molecule has 7 atom stereocenters. The molecule has 1 fully saturated rings. The largest absolute Gasteiger partial charge is 0.466 e. The van der Waals surface area contributed by atoms with E-state index < -0.39 is 49.5 Å². The van der Waals surface area contributed by atoms with Crippen LogP contribution in [0.25, 0.3) is 0 Å². The predicted octanol–water partition coefficient (Wildman–Crippen LogP) is 14.3. The Balaban J connectivity index is 2.09. The van der Waals surface area contributed by atoms with Gasteiger partial charge in [-0.05, 0) is 57.8 Å². The third-order valence-corrected chi connectivity index (χ3v) is 14.5. The van der Waals surface area contributed by atoms with Crippen molar-refractivity contribution >= 4 is 11.9 Å². The SMILES string of the molecule is CCCCCC/C=C/CC/C=C/CC/C=C/C(O)C(COC1OC(CO)C(O)C(O)C1O)NC(=O)CCCCCCCCCCCCCCCCCCCCCCOC(=O)CCCCCCCCCCCCC. The summed E-state index contributed by atoms with van der Waals surface area (Å²) < 4.78 is 16.7. The van der Waals surface area contributed by atoms with Crippen LogP contribution in [0.1, 0.15) is 284 Å². The van der Waals surface area contributed by atoms with Crippen LogP contribution in [0.3, 0.4) is 0 Å². The van der Waals surface area contributed by atoms with Crippen LogP contribution in [0.5, 0.6) is 0 Å². The Labute approximate surface area is 447 Å². The second kappa shape index (κ2) is 52.0. The number of aliphatic hydroxyl groups excluding tert-OH is 5. The first-order valence-electron chi connectivity index (χ1n) is 30.8. The molecule has 0 spiro atoms. The van der Waals surface area contributed by atoms with Crippen LogP contribution in [-0.4, -0.2) is 100 Å². The quantitative estimate of drug-likeness (QED) is 0.0195. The molecule has 0 aromatic rings. The summed E-state index contributed by atoms with van der Waals surface area (Å²) in [5.41, 5.74) is 0. The molecule has 73 heavy (non-hydrogen) atoms. The average Bonchev–Trinajstić information content (AvgIpc) is 3.39. The van der Waals surface area contributed by atoms with Crippen molar-refractivity contribution in [1.29, 1.82) is 0 Å². The van der Waals surface area contributed by atoms with E-state index in [4.69, 9.17) is 14.2 Å². The minimum absolute atomic E-state index is 0.00459. The van der Waals surface area contributed by atoms with E-state index in [9.17, 15) is 35.1 Å². The molecule has 0 aromatic carbocycles. The normalized spacial score (nSPS) is 19.1. The molecule has 1 heterocycles. The number of esters is 1. The fourth-order valence-electron chi connectivity index (χ4n) is 9.58. The molecule has 428 valence electrons. The van der Waals surface area contributed by atoms with Gasteiger partial charge < -0.3 is 45.1 Å². The molecule has 11 heteroatoms. The predicted molar refractivity (Wildman–Crippen MR) is 301 cm³/mol. The lowest BCUT2D eigenvalue weighted by atomic mass is 9.99. The lowest BCUT2D eigenvalue weighted by Gasteiger charge is -2.40. The summed E-state index contributed by atoms with van der Waals surface area (Å²) >= 11 is 0. The lowest BCUT2D eigenvalue weighted by Crippen LogP contribution is -2.60. The van der Waals surface area contributed by atoms with E-state index in [1.165, 1.54) is 180 Å². The highest BCUT2D eigenvalue weighted by atomic mass is 16.7. The van der Waals surface area contributed by atoms with Crippen molar-refractivity contribution < 1.29 is 49.3 Å². The molecule has 1 aliphatic rings. The Morgan fingerprint density at radius 2 is 0.890 bits per heavy atom. The van der Waals surface area contributed by atoms with Crippen LogP contribution >= 0.6 is 0 Å². The molecule has 6 N–H and O–H groups in total. The third kappa shape index (κ3) is 41.7. The maximum Gasteiger partial charge on any atom is 0.305 e. The first-order valence-corrected chi connectivity index (χ1v) is 30.8. The Kier molecular flexibility index (Phi) is 49.0. The van der Waals surface area contributed by atoms with Gasteiger partial charge in [0.05, 0.1) is 32.0 Å². The van der Waals surface area contributed by atoms with Crippen LogP contribution in [0.2, 0.25) is 0 Å². The number of ether oxygens (including phenoxy) is 3. The lowest BCUT2D eigenvalue weighted by molar-refractivity contribution is -0.302. The maximum absolute atomic E-state index is 13.0. The molecular formula is C62H115NO10. The Hall–Kier alpha value is -2.12. The molecule has 1 amide bonds. The van der Waals surface area contributed by atoms with E-state index in [-0.39, 0.29) is 18.5 Å². The summed E-state index contributed by atoms with van der Waals surface area (Å²) in [7, 11) is 0. The van der Waals surface area contributed by atoms with Gasteiger partial charge >= 0.3 is 5.97 Å². The van der Waals surface area contributed by atoms with Gasteiger partial charge in [-0.2, -0.15) is 0 Å². The molecular weight excluding hydrogens is 919 g/mol. The average molecular weight is 1030 g/mol. The summed E-state index contributed by atoms with van der Waals surface area (Å²) in [5.74, 6) is -0.202. The van der Waals surface area contributed by atoms with E-state index in [0.29, 0.717) is 19.4 Å². The number of carbonyl (C=O) groups is 2. The van der Waals surface area contributed by atoms with E-state index in [2.05, 4.69) is 43.5 Å². The Morgan fingerprint density at radius 3 is 1.36 bits per heavy atom. The number of unbranched alkanes of at least 4 members (excludes halogenated alkanes) is 35. The molecule has 0 saturated carbocycles. The highest BCUT2D eigenvalue weighted by Crippen LogP contribution is 2.23. The summed E-state index contributed by atoms with van der Waals surface area (Å²) in [6, 6.07) is -0.836. The van der Waals surface area contributed by atoms with Crippen molar-refractivity contribution in [3.05, 3.63) is 36.5 Å². The van der Waals surface area contributed by atoms with Gasteiger partial charge in [0.25, 0.3) is 0 Å². The summed E-state index contributed by atoms with van der Waals surface area (Å²) in [5, 5.41) is 54.4. The number of carbonyl (C=O) groups excluding carboxylic acids is 2. The van der Waals surface area contributed by atoms with Gasteiger partial charge in [0.15, 0.2) is 6.29 Å². The number of nitrogens with one attached hydrogen (secondary N) is 1. The minimum Gasteiger partial charge on any atom is -0.466 e. The zero-order chi connectivity index (χ0) is 53.1. The molecule has 7 unspecified atom stereocenters. The van der Waals surface area contributed by atoms with Crippen molar-refractivity contribution in [1.82, 2.24) is 5.32 Å². The van der Waals surface area contributed by atoms with E-state index in [0.717, 1.165) is 77.0 Å². The van der Waals surface area contributed by atoms with Gasteiger partial charge in [0, 0.05) is 12.8 Å². The summed E-state index contributed by atoms with van der Waals surface area (Å²) in [6.07, 6.45) is 53.8. The second-order valence-electron chi connectivity index (χ2n) is 21.4. The zero-order valence-electron chi connectivity index (χ0n) is 47.1. The minimum atomic E-state index is -1.58. The zero-order valence-corrected chi connectivity index (χ0v) is 47.1. The van der Waals surface area contributed by atoms with Crippen LogP contribution in [0.4, 0.5) is 0 Å². The van der Waals surface area contributed by atoms with Gasteiger partial charge in [-0.1, -0.05) is 249 Å². The van der Waals surface area contributed by atoms with Crippen LogP contribution in [0.15, 0.2) is 36.5 Å². The van der Waals surface area contributed by atoms with Gasteiger partial charge in [-0.25, -0.2) is 0 Å². The Bertz CT molecular complexity index is 1310. The molecule has 0 aliphatic carbocycles. The van der Waals surface area contributed by atoms with Crippen molar-refractivity contribution in [3.8, 4) is 0 Å². The fraction of sp³-hybridized carbons (Fsp3) is 0.871. The molecule has 1 saturated heterocycles. The summed E-state index contributed by atoms with van der Waals surface area (Å²) in [6.45, 7) is 4.30. The molecule has 0 bridgehead atoms. The molecule has 0 aromatic heterocycles. The smallest absolute Gasteiger partial charge is 0.305 e. The van der Waals surface area contributed by atoms with E-state index >= 15 is 0 Å². The number of hydrogen-bond donors (Lipinski definition) is 6.